The van der Waals surface area contributed by atoms with E-state index in [9.17, 15) is 0 Å². The molecule has 0 N–H and O–H groups in total. The van der Waals surface area contributed by atoms with Gasteiger partial charge in [-0.15, -0.1) is 0 Å². The van der Waals surface area contributed by atoms with Gasteiger partial charge in [0, 0.05) is 36.9 Å². The molecule has 0 saturated carbocycles. The normalized spacial score (nSPS) is 1.00. The van der Waals surface area contributed by atoms with Gasteiger partial charge in [0.05, 0.1) is 0 Å². The van der Waals surface area contributed by atoms with Gasteiger partial charge in [-0.3, -0.25) is 0 Å². The zero-order chi connectivity index (χ0) is 2.00. The maximum absolute atomic E-state index is 8.28. The van der Waals surface area contributed by atoms with Crippen molar-refractivity contribution < 1.29 is 41.4 Å². The standard InChI is InChI=1S/Ni.H2OSi.Pd/c;1-2;/h;2H2;. The molecule has 0 aromatic heterocycles. The fourth-order valence-corrected chi connectivity index (χ4v) is 0. The van der Waals surface area contributed by atoms with E-state index in [1.807, 2.05) is 0 Å². The molecule has 0 amide bonds. The van der Waals surface area contributed by atoms with Crippen LogP contribution in [0, 0.1) is 0 Å². The molecule has 0 unspecified atom stereocenters. The second-order valence-corrected chi connectivity index (χ2v) is 0. The van der Waals surface area contributed by atoms with Crippen LogP contribution in [-0.2, 0) is 41.4 Å². The summed E-state index contributed by atoms with van der Waals surface area (Å²) in [5, 5.41) is 0. The van der Waals surface area contributed by atoms with Crippen molar-refractivity contribution in [3.63, 3.8) is 0 Å². The molecular formula is H2NiOPdSi. The van der Waals surface area contributed by atoms with Crippen LogP contribution < -0.4 is 0 Å². The van der Waals surface area contributed by atoms with E-state index in [-0.39, 0.29) is 36.9 Å². The fraction of sp³-hybridized carbons (Fsp3) is 0. The van der Waals surface area contributed by atoms with Crippen LogP contribution in [0.2, 0.25) is 0 Å². The second kappa shape index (κ2) is 30.5. The Kier molecular flexibility index (Phi) is 146. The zero-order valence-electron chi connectivity index (χ0n) is 1.75. The molecule has 0 radical (unpaired) electrons. The Hall–Kier alpha value is 1.17. The van der Waals surface area contributed by atoms with E-state index in [1.54, 1.807) is 0 Å². The van der Waals surface area contributed by atoms with E-state index in [4.69, 9.17) is 4.46 Å². The van der Waals surface area contributed by atoms with Gasteiger partial charge in [0.2, 0.25) is 10.1 Å². The van der Waals surface area contributed by atoms with Crippen LogP contribution in [0.1, 0.15) is 0 Å². The van der Waals surface area contributed by atoms with Crippen LogP contribution in [0.15, 0.2) is 0 Å². The second-order valence-electron chi connectivity index (χ2n) is 0. The summed E-state index contributed by atoms with van der Waals surface area (Å²) in [5.74, 6) is 0. The van der Waals surface area contributed by atoms with E-state index < -0.39 is 0 Å². The molecule has 0 rings (SSSR count). The van der Waals surface area contributed by atoms with Crippen molar-refractivity contribution in [3.05, 3.63) is 0 Å². The van der Waals surface area contributed by atoms with Gasteiger partial charge in [0.15, 0.2) is 0 Å². The van der Waals surface area contributed by atoms with Crippen molar-refractivity contribution in [1.82, 2.24) is 0 Å². The van der Waals surface area contributed by atoms with Crippen LogP contribution in [0.3, 0.4) is 0 Å². The molecule has 4 heteroatoms. The molecule has 0 aliphatic rings. The molecule has 1 nitrogen and oxygen atoms in total. The molecular weight excluding hydrogens is 209 g/mol. The molecule has 0 saturated heterocycles. The Morgan fingerprint density at radius 3 is 1.25 bits per heavy atom. The molecule has 0 aliphatic carbocycles. The summed E-state index contributed by atoms with van der Waals surface area (Å²) in [4.78, 5) is 0. The first kappa shape index (κ1) is 19.1. The predicted octanol–water partition coefficient (Wildman–Crippen LogP) is -1.04. The third-order valence-electron chi connectivity index (χ3n) is 0. The first-order valence-corrected chi connectivity index (χ1v) is 0.866. The SMILES string of the molecule is O=[SiH2].[Ni].[Pd]. The summed E-state index contributed by atoms with van der Waals surface area (Å²) in [6.07, 6.45) is 0. The number of hydrogen-bond acceptors (Lipinski definition) is 1. The average molecular weight is 211 g/mol. The van der Waals surface area contributed by atoms with E-state index in [0.29, 0.717) is 10.1 Å². The van der Waals surface area contributed by atoms with Crippen LogP contribution in [0.4, 0.5) is 0 Å². The van der Waals surface area contributed by atoms with Crippen LogP contribution in [0.25, 0.3) is 0 Å². The molecule has 0 heterocycles. The van der Waals surface area contributed by atoms with Crippen molar-refractivity contribution in [3.8, 4) is 0 Å². The van der Waals surface area contributed by atoms with Crippen molar-refractivity contribution in [2.24, 2.45) is 0 Å². The fourth-order valence-electron chi connectivity index (χ4n) is 0. The number of hydrogen-bond donors (Lipinski definition) is 0. The summed E-state index contributed by atoms with van der Waals surface area (Å²) in [5.41, 5.74) is 0. The van der Waals surface area contributed by atoms with Gasteiger partial charge in [-0.1, -0.05) is 0 Å². The van der Waals surface area contributed by atoms with Gasteiger partial charge in [-0.05, 0) is 0 Å². The quantitative estimate of drug-likeness (QED) is 0.468. The Bertz CT molecular complexity index is 8.00. The van der Waals surface area contributed by atoms with Crippen LogP contribution in [-0.4, -0.2) is 10.1 Å². The third kappa shape index (κ3) is 10.9. The van der Waals surface area contributed by atoms with Crippen LogP contribution >= 0.6 is 0 Å². The number of rotatable bonds is 0. The monoisotopic (exact) mass is 210 g/mol. The maximum atomic E-state index is 8.28. The molecule has 0 spiro atoms. The first-order chi connectivity index (χ1) is 1.00. The van der Waals surface area contributed by atoms with Crippen LogP contribution in [0.5, 0.6) is 0 Å². The molecule has 0 aromatic carbocycles. The van der Waals surface area contributed by atoms with Gasteiger partial charge < -0.3 is 4.46 Å². The van der Waals surface area contributed by atoms with E-state index in [1.165, 1.54) is 0 Å². The van der Waals surface area contributed by atoms with E-state index in [2.05, 4.69) is 0 Å². The van der Waals surface area contributed by atoms with Crippen molar-refractivity contribution in [1.29, 1.82) is 0 Å². The smallest absolute Gasteiger partial charge is 0.245 e. The minimum absolute atomic E-state index is 0. The summed E-state index contributed by atoms with van der Waals surface area (Å²) < 4.78 is 8.28. The topological polar surface area (TPSA) is 17.1 Å². The summed E-state index contributed by atoms with van der Waals surface area (Å²) in [7, 11) is 0.611. The molecule has 0 fully saturated rings. The predicted molar refractivity (Wildman–Crippen MR) is 9.23 cm³/mol. The Labute approximate surface area is 51.6 Å². The van der Waals surface area contributed by atoms with Crippen molar-refractivity contribution in [2.75, 3.05) is 0 Å². The molecule has 0 aliphatic heterocycles. The van der Waals surface area contributed by atoms with E-state index >= 15 is 0 Å². The minimum Gasteiger partial charge on any atom is -0.396 e. The van der Waals surface area contributed by atoms with Gasteiger partial charge in [-0.25, -0.2) is 0 Å². The molecule has 4 heavy (non-hydrogen) atoms. The zero-order valence-corrected chi connectivity index (χ0v) is 5.70. The molecule has 0 bridgehead atoms. The Morgan fingerprint density at radius 1 is 1.25 bits per heavy atom. The van der Waals surface area contributed by atoms with Gasteiger partial charge in [-0.2, -0.15) is 0 Å². The first-order valence-electron chi connectivity index (χ1n) is 0.289. The summed E-state index contributed by atoms with van der Waals surface area (Å²) >= 11 is 0. The third-order valence-corrected chi connectivity index (χ3v) is 0. The Morgan fingerprint density at radius 2 is 1.25 bits per heavy atom. The minimum atomic E-state index is 0. The van der Waals surface area contributed by atoms with Gasteiger partial charge >= 0.3 is 0 Å². The average Bonchev–Trinajstić information content (AvgIpc) is 1.00. The molecule has 32 valence electrons. The largest absolute Gasteiger partial charge is 0.396 e. The summed E-state index contributed by atoms with van der Waals surface area (Å²) in [6, 6.07) is 0. The van der Waals surface area contributed by atoms with E-state index in [0.717, 1.165) is 0 Å². The van der Waals surface area contributed by atoms with Crippen molar-refractivity contribution in [2.45, 2.75) is 0 Å². The van der Waals surface area contributed by atoms with Gasteiger partial charge in [0.25, 0.3) is 0 Å². The van der Waals surface area contributed by atoms with Crippen molar-refractivity contribution >= 4 is 10.1 Å². The Balaban J connectivity index is -0.00000000500. The van der Waals surface area contributed by atoms with Gasteiger partial charge in [0.1, 0.15) is 0 Å². The molecule has 0 atom stereocenters. The maximum Gasteiger partial charge on any atom is 0.245 e. The summed E-state index contributed by atoms with van der Waals surface area (Å²) in [6.45, 7) is 0. The molecule has 0 aromatic rings.